The van der Waals surface area contributed by atoms with Crippen LogP contribution < -0.4 is 5.32 Å². The molecule has 0 amide bonds. The van der Waals surface area contributed by atoms with Crippen molar-refractivity contribution >= 4 is 5.97 Å². The SMILES string of the molecule is CCOC(=O)C(C)(CC1CCC1)NC1CCCCCC1. The van der Waals surface area contributed by atoms with Crippen LogP contribution in [0.4, 0.5) is 0 Å². The third-order valence-electron chi connectivity index (χ3n) is 5.03. The molecule has 0 aliphatic heterocycles. The van der Waals surface area contributed by atoms with Crippen LogP contribution in [0.2, 0.25) is 0 Å². The normalized spacial score (nSPS) is 24.5. The maximum absolute atomic E-state index is 12.4. The van der Waals surface area contributed by atoms with Crippen molar-refractivity contribution in [1.29, 1.82) is 0 Å². The zero-order valence-electron chi connectivity index (χ0n) is 13.2. The molecule has 20 heavy (non-hydrogen) atoms. The Balaban J connectivity index is 1.97. The average Bonchev–Trinajstić information content (AvgIpc) is 2.63. The van der Waals surface area contributed by atoms with Crippen LogP contribution in [-0.2, 0) is 9.53 Å². The summed E-state index contributed by atoms with van der Waals surface area (Å²) in [5.74, 6) is 0.666. The molecule has 0 spiro atoms. The number of esters is 1. The van der Waals surface area contributed by atoms with Crippen molar-refractivity contribution < 1.29 is 9.53 Å². The van der Waals surface area contributed by atoms with Crippen LogP contribution in [0.1, 0.15) is 78.1 Å². The summed E-state index contributed by atoms with van der Waals surface area (Å²) in [5.41, 5.74) is -0.476. The molecule has 116 valence electrons. The second-order valence-corrected chi connectivity index (χ2v) is 6.89. The van der Waals surface area contributed by atoms with Crippen LogP contribution in [0, 0.1) is 5.92 Å². The quantitative estimate of drug-likeness (QED) is 0.594. The van der Waals surface area contributed by atoms with E-state index < -0.39 is 5.54 Å². The molecule has 0 saturated heterocycles. The second kappa shape index (κ2) is 7.44. The summed E-state index contributed by atoms with van der Waals surface area (Å²) in [6.45, 7) is 4.44. The lowest BCUT2D eigenvalue weighted by molar-refractivity contribution is -0.152. The van der Waals surface area contributed by atoms with E-state index in [1.54, 1.807) is 0 Å². The van der Waals surface area contributed by atoms with Gasteiger partial charge < -0.3 is 4.74 Å². The predicted octanol–water partition coefficient (Wildman–Crippen LogP) is 3.81. The molecule has 0 aromatic rings. The van der Waals surface area contributed by atoms with Crippen LogP contribution >= 0.6 is 0 Å². The Kier molecular flexibility index (Phi) is 5.88. The van der Waals surface area contributed by atoms with Gasteiger partial charge in [0.1, 0.15) is 5.54 Å². The lowest BCUT2D eigenvalue weighted by Crippen LogP contribution is -2.56. The lowest BCUT2D eigenvalue weighted by atomic mass is 9.76. The number of carbonyl (C=O) groups is 1. The summed E-state index contributed by atoms with van der Waals surface area (Å²) in [5, 5.41) is 3.68. The number of hydrogen-bond acceptors (Lipinski definition) is 3. The van der Waals surface area contributed by atoms with Gasteiger partial charge in [-0.25, -0.2) is 0 Å². The smallest absolute Gasteiger partial charge is 0.326 e. The van der Waals surface area contributed by atoms with Gasteiger partial charge >= 0.3 is 5.97 Å². The van der Waals surface area contributed by atoms with Crippen molar-refractivity contribution in [3.05, 3.63) is 0 Å². The van der Waals surface area contributed by atoms with Crippen molar-refractivity contribution in [2.45, 2.75) is 89.6 Å². The molecule has 2 aliphatic carbocycles. The first-order valence-corrected chi connectivity index (χ1v) is 8.59. The first-order valence-electron chi connectivity index (χ1n) is 8.59. The van der Waals surface area contributed by atoms with E-state index in [0.717, 1.165) is 6.42 Å². The summed E-state index contributed by atoms with van der Waals surface area (Å²) >= 11 is 0. The molecule has 1 atom stereocenters. The van der Waals surface area contributed by atoms with E-state index in [2.05, 4.69) is 12.2 Å². The molecular formula is C17H31NO2. The van der Waals surface area contributed by atoms with Gasteiger partial charge in [-0.05, 0) is 39.0 Å². The zero-order chi connectivity index (χ0) is 14.4. The number of hydrogen-bond donors (Lipinski definition) is 1. The van der Waals surface area contributed by atoms with Gasteiger partial charge in [-0.2, -0.15) is 0 Å². The van der Waals surface area contributed by atoms with Crippen molar-refractivity contribution in [1.82, 2.24) is 5.32 Å². The minimum absolute atomic E-state index is 0.0452. The summed E-state index contributed by atoms with van der Waals surface area (Å²) in [6, 6.07) is 0.493. The first kappa shape index (κ1) is 15.8. The van der Waals surface area contributed by atoms with Crippen LogP contribution in [-0.4, -0.2) is 24.2 Å². The van der Waals surface area contributed by atoms with Crippen LogP contribution in [0.3, 0.4) is 0 Å². The highest BCUT2D eigenvalue weighted by molar-refractivity contribution is 5.80. The van der Waals surface area contributed by atoms with Gasteiger partial charge in [0, 0.05) is 6.04 Å². The third kappa shape index (κ3) is 4.21. The van der Waals surface area contributed by atoms with E-state index in [-0.39, 0.29) is 5.97 Å². The molecular weight excluding hydrogens is 250 g/mol. The van der Waals surface area contributed by atoms with E-state index in [1.807, 2.05) is 6.92 Å². The molecule has 0 aromatic carbocycles. The molecule has 0 aromatic heterocycles. The van der Waals surface area contributed by atoms with Crippen LogP contribution in [0.5, 0.6) is 0 Å². The lowest BCUT2D eigenvalue weighted by Gasteiger charge is -2.38. The van der Waals surface area contributed by atoms with E-state index in [4.69, 9.17) is 4.74 Å². The maximum atomic E-state index is 12.4. The summed E-state index contributed by atoms with van der Waals surface area (Å²) in [7, 11) is 0. The van der Waals surface area contributed by atoms with E-state index >= 15 is 0 Å². The Morgan fingerprint density at radius 3 is 2.25 bits per heavy atom. The van der Waals surface area contributed by atoms with Gasteiger partial charge in [0.05, 0.1) is 6.61 Å². The minimum Gasteiger partial charge on any atom is -0.465 e. The van der Waals surface area contributed by atoms with Crippen LogP contribution in [0.15, 0.2) is 0 Å². The van der Waals surface area contributed by atoms with Gasteiger partial charge in [0.15, 0.2) is 0 Å². The Labute approximate surface area is 123 Å². The van der Waals surface area contributed by atoms with Gasteiger partial charge in [0.2, 0.25) is 0 Å². The topological polar surface area (TPSA) is 38.3 Å². The summed E-state index contributed by atoms with van der Waals surface area (Å²) in [6.07, 6.45) is 12.5. The fraction of sp³-hybridized carbons (Fsp3) is 0.941. The molecule has 2 aliphatic rings. The molecule has 2 rings (SSSR count). The largest absolute Gasteiger partial charge is 0.465 e. The fourth-order valence-electron chi connectivity index (χ4n) is 3.64. The number of rotatable bonds is 6. The Morgan fingerprint density at radius 2 is 1.75 bits per heavy atom. The molecule has 2 saturated carbocycles. The molecule has 3 heteroatoms. The zero-order valence-corrected chi connectivity index (χ0v) is 13.2. The molecule has 2 fully saturated rings. The Hall–Kier alpha value is -0.570. The van der Waals surface area contributed by atoms with Gasteiger partial charge in [-0.3, -0.25) is 10.1 Å². The molecule has 3 nitrogen and oxygen atoms in total. The third-order valence-corrected chi connectivity index (χ3v) is 5.03. The molecule has 0 bridgehead atoms. The molecule has 0 heterocycles. The van der Waals surface area contributed by atoms with E-state index in [1.165, 1.54) is 57.8 Å². The second-order valence-electron chi connectivity index (χ2n) is 6.89. The summed E-state index contributed by atoms with van der Waals surface area (Å²) in [4.78, 5) is 12.4. The predicted molar refractivity (Wildman–Crippen MR) is 81.6 cm³/mol. The number of carbonyl (C=O) groups excluding carboxylic acids is 1. The Bertz CT molecular complexity index is 306. The average molecular weight is 281 g/mol. The van der Waals surface area contributed by atoms with Crippen molar-refractivity contribution in [2.24, 2.45) is 5.92 Å². The molecule has 0 radical (unpaired) electrons. The fourth-order valence-corrected chi connectivity index (χ4v) is 3.64. The highest BCUT2D eigenvalue weighted by Gasteiger charge is 2.40. The van der Waals surface area contributed by atoms with Gasteiger partial charge in [0.25, 0.3) is 0 Å². The van der Waals surface area contributed by atoms with Crippen molar-refractivity contribution in [3.63, 3.8) is 0 Å². The highest BCUT2D eigenvalue weighted by atomic mass is 16.5. The number of ether oxygens (including phenoxy) is 1. The standard InChI is InChI=1S/C17H31NO2/c1-3-20-16(19)17(2,13-14-9-8-10-14)18-15-11-6-4-5-7-12-15/h14-15,18H,3-13H2,1-2H3. The van der Waals surface area contributed by atoms with E-state index in [9.17, 15) is 4.79 Å². The number of nitrogens with one attached hydrogen (secondary N) is 1. The van der Waals surface area contributed by atoms with Gasteiger partial charge in [-0.15, -0.1) is 0 Å². The van der Waals surface area contributed by atoms with Gasteiger partial charge in [-0.1, -0.05) is 44.9 Å². The maximum Gasteiger partial charge on any atom is 0.326 e. The van der Waals surface area contributed by atoms with Crippen molar-refractivity contribution in [2.75, 3.05) is 6.61 Å². The molecule has 1 N–H and O–H groups in total. The summed E-state index contributed by atoms with van der Waals surface area (Å²) < 4.78 is 5.35. The first-order chi connectivity index (χ1) is 9.64. The van der Waals surface area contributed by atoms with E-state index in [0.29, 0.717) is 18.6 Å². The highest BCUT2D eigenvalue weighted by Crippen LogP contribution is 2.35. The molecule has 1 unspecified atom stereocenters. The van der Waals surface area contributed by atoms with Crippen molar-refractivity contribution in [3.8, 4) is 0 Å². The Morgan fingerprint density at radius 1 is 1.10 bits per heavy atom. The van der Waals surface area contributed by atoms with Crippen LogP contribution in [0.25, 0.3) is 0 Å². The monoisotopic (exact) mass is 281 g/mol. The minimum atomic E-state index is -0.476.